The molecule has 0 radical (unpaired) electrons. The van der Waals surface area contributed by atoms with Crippen LogP contribution >= 0.6 is 0 Å². The first-order valence-electron chi connectivity index (χ1n) is 10.1. The normalized spacial score (nSPS) is 18.4. The third-order valence-electron chi connectivity index (χ3n) is 5.86. The fraction of sp³-hybridized carbons (Fsp3) is 0.269. The minimum Gasteiger partial charge on any atom is -0.286 e. The van der Waals surface area contributed by atoms with Crippen LogP contribution < -0.4 is 9.80 Å². The summed E-state index contributed by atoms with van der Waals surface area (Å²) in [4.78, 5) is 17.7. The number of amides is 2. The number of urea groups is 1. The van der Waals surface area contributed by atoms with Gasteiger partial charge in [0.05, 0.1) is 11.6 Å². The molecule has 0 spiro atoms. The predicted molar refractivity (Wildman–Crippen MR) is 121 cm³/mol. The molecular formula is C26H28N2O. The number of nitrogens with zero attached hydrogens (tertiary/aromatic N) is 2. The van der Waals surface area contributed by atoms with Gasteiger partial charge in [-0.25, -0.2) is 4.79 Å². The van der Waals surface area contributed by atoms with Crippen molar-refractivity contribution < 1.29 is 4.79 Å². The molecule has 1 atom stereocenters. The van der Waals surface area contributed by atoms with Crippen LogP contribution in [-0.4, -0.2) is 11.6 Å². The molecule has 1 aliphatic heterocycles. The molecule has 2 amide bonds. The van der Waals surface area contributed by atoms with Crippen LogP contribution in [0.4, 0.5) is 16.2 Å². The van der Waals surface area contributed by atoms with E-state index in [9.17, 15) is 4.79 Å². The summed E-state index contributed by atoms with van der Waals surface area (Å²) in [5, 5.41) is 0. The van der Waals surface area contributed by atoms with Crippen LogP contribution in [0.15, 0.2) is 72.8 Å². The second-order valence-corrected chi connectivity index (χ2v) is 8.63. The first-order chi connectivity index (χ1) is 13.8. The summed E-state index contributed by atoms with van der Waals surface area (Å²) in [5.74, 6) is 0. The Kier molecular flexibility index (Phi) is 4.70. The van der Waals surface area contributed by atoms with Crippen LogP contribution in [0.2, 0.25) is 0 Å². The van der Waals surface area contributed by atoms with Crippen molar-refractivity contribution in [2.24, 2.45) is 0 Å². The van der Waals surface area contributed by atoms with E-state index < -0.39 is 5.54 Å². The number of rotatable bonds is 3. The van der Waals surface area contributed by atoms with Gasteiger partial charge in [-0.2, -0.15) is 0 Å². The molecular weight excluding hydrogens is 356 g/mol. The number of benzene rings is 3. The Bertz CT molecular complexity index is 1040. The Morgan fingerprint density at radius 3 is 1.83 bits per heavy atom. The number of hydrogen-bond acceptors (Lipinski definition) is 1. The van der Waals surface area contributed by atoms with Gasteiger partial charge in [0.2, 0.25) is 0 Å². The van der Waals surface area contributed by atoms with Crippen LogP contribution in [0.25, 0.3) is 0 Å². The number of carbonyl (C=O) groups excluding carboxylic acids is 1. The third-order valence-corrected chi connectivity index (χ3v) is 5.86. The minimum absolute atomic E-state index is 0.00853. The summed E-state index contributed by atoms with van der Waals surface area (Å²) >= 11 is 0. The molecule has 0 aliphatic carbocycles. The Labute approximate surface area is 173 Å². The fourth-order valence-corrected chi connectivity index (χ4v) is 4.40. The molecule has 0 unspecified atom stereocenters. The zero-order chi connectivity index (χ0) is 20.8. The quantitative estimate of drug-likeness (QED) is 0.500. The number of aryl methyl sites for hydroxylation is 3. The van der Waals surface area contributed by atoms with Gasteiger partial charge in [0.25, 0.3) is 0 Å². The topological polar surface area (TPSA) is 23.6 Å². The van der Waals surface area contributed by atoms with Gasteiger partial charge < -0.3 is 0 Å². The highest BCUT2D eigenvalue weighted by molar-refractivity contribution is 6.08. The van der Waals surface area contributed by atoms with Crippen LogP contribution in [0.3, 0.4) is 0 Å². The molecule has 1 saturated heterocycles. The van der Waals surface area contributed by atoms with E-state index in [2.05, 4.69) is 83.1 Å². The molecule has 1 aliphatic rings. The van der Waals surface area contributed by atoms with E-state index in [1.807, 2.05) is 34.1 Å². The van der Waals surface area contributed by atoms with Gasteiger partial charge in [-0.05, 0) is 64.4 Å². The largest absolute Gasteiger partial charge is 0.330 e. The zero-order valence-corrected chi connectivity index (χ0v) is 17.8. The van der Waals surface area contributed by atoms with Gasteiger partial charge in [0.15, 0.2) is 0 Å². The molecule has 0 bridgehead atoms. The van der Waals surface area contributed by atoms with Crippen molar-refractivity contribution in [2.45, 2.75) is 46.2 Å². The lowest BCUT2D eigenvalue weighted by atomic mass is 9.87. The van der Waals surface area contributed by atoms with Crippen LogP contribution in [0.1, 0.15) is 42.1 Å². The van der Waals surface area contributed by atoms with E-state index in [0.29, 0.717) is 0 Å². The molecule has 0 N–H and O–H groups in total. The van der Waals surface area contributed by atoms with E-state index in [4.69, 9.17) is 0 Å². The number of carbonyl (C=O) groups is 1. The van der Waals surface area contributed by atoms with E-state index in [1.165, 1.54) is 16.7 Å². The maximum atomic E-state index is 13.8. The van der Waals surface area contributed by atoms with Crippen molar-refractivity contribution in [1.82, 2.24) is 0 Å². The van der Waals surface area contributed by atoms with Crippen molar-refractivity contribution in [2.75, 3.05) is 9.80 Å². The predicted octanol–water partition coefficient (Wildman–Crippen LogP) is 6.58. The highest BCUT2D eigenvalue weighted by atomic mass is 16.2. The van der Waals surface area contributed by atoms with E-state index in [-0.39, 0.29) is 12.1 Å². The maximum Gasteiger partial charge on any atom is 0.330 e. The van der Waals surface area contributed by atoms with Gasteiger partial charge in [-0.15, -0.1) is 0 Å². The molecule has 3 aromatic carbocycles. The van der Waals surface area contributed by atoms with Crippen molar-refractivity contribution in [3.63, 3.8) is 0 Å². The molecule has 1 fully saturated rings. The van der Waals surface area contributed by atoms with Gasteiger partial charge in [-0.1, -0.05) is 65.2 Å². The summed E-state index contributed by atoms with van der Waals surface area (Å²) in [6.07, 6.45) is 0. The molecule has 148 valence electrons. The van der Waals surface area contributed by atoms with Crippen molar-refractivity contribution in [3.05, 3.63) is 95.1 Å². The highest BCUT2D eigenvalue weighted by Gasteiger charge is 2.53. The smallest absolute Gasteiger partial charge is 0.286 e. The fourth-order valence-electron chi connectivity index (χ4n) is 4.40. The Morgan fingerprint density at radius 2 is 1.28 bits per heavy atom. The Balaban J connectivity index is 1.90. The van der Waals surface area contributed by atoms with Crippen LogP contribution in [0.5, 0.6) is 0 Å². The molecule has 3 nitrogen and oxygen atoms in total. The van der Waals surface area contributed by atoms with E-state index in [0.717, 1.165) is 16.9 Å². The first kappa shape index (κ1) is 19.3. The van der Waals surface area contributed by atoms with Crippen molar-refractivity contribution >= 4 is 17.4 Å². The monoisotopic (exact) mass is 384 g/mol. The van der Waals surface area contributed by atoms with E-state index in [1.54, 1.807) is 0 Å². The van der Waals surface area contributed by atoms with Crippen LogP contribution in [0, 0.1) is 20.8 Å². The van der Waals surface area contributed by atoms with Gasteiger partial charge in [0, 0.05) is 11.4 Å². The summed E-state index contributed by atoms with van der Waals surface area (Å²) in [6, 6.07) is 24.9. The SMILES string of the molecule is Cc1ccc(N2C(=O)N(c3ccc(C)cc3)C(C)(C)[C@@H]2c2cccc(C)c2)cc1. The summed E-state index contributed by atoms with van der Waals surface area (Å²) < 4.78 is 0. The van der Waals surface area contributed by atoms with E-state index >= 15 is 0 Å². The number of anilines is 2. The molecule has 0 aromatic heterocycles. The molecule has 29 heavy (non-hydrogen) atoms. The van der Waals surface area contributed by atoms with Gasteiger partial charge >= 0.3 is 6.03 Å². The average Bonchev–Trinajstić information content (AvgIpc) is 2.89. The average molecular weight is 385 g/mol. The maximum absolute atomic E-state index is 13.8. The Hall–Kier alpha value is -3.07. The first-order valence-corrected chi connectivity index (χ1v) is 10.1. The lowest BCUT2D eigenvalue weighted by molar-refractivity contribution is 0.254. The summed E-state index contributed by atoms with van der Waals surface area (Å²) in [6.45, 7) is 10.5. The van der Waals surface area contributed by atoms with Crippen molar-refractivity contribution in [1.29, 1.82) is 0 Å². The molecule has 0 saturated carbocycles. The van der Waals surface area contributed by atoms with Crippen molar-refractivity contribution in [3.8, 4) is 0 Å². The molecule has 4 rings (SSSR count). The third kappa shape index (κ3) is 3.31. The second-order valence-electron chi connectivity index (χ2n) is 8.63. The van der Waals surface area contributed by atoms with Gasteiger partial charge in [-0.3, -0.25) is 9.80 Å². The number of hydrogen-bond donors (Lipinski definition) is 0. The molecule has 3 aromatic rings. The lowest BCUT2D eigenvalue weighted by Gasteiger charge is -2.35. The second kappa shape index (κ2) is 7.07. The van der Waals surface area contributed by atoms with Crippen LogP contribution in [-0.2, 0) is 0 Å². The zero-order valence-electron chi connectivity index (χ0n) is 17.8. The Morgan fingerprint density at radius 1 is 0.724 bits per heavy atom. The lowest BCUT2D eigenvalue weighted by Crippen LogP contribution is -2.43. The molecule has 1 heterocycles. The molecule has 3 heteroatoms. The standard InChI is InChI=1S/C26H28N2O/c1-18-9-13-22(14-10-18)27-24(21-8-6-7-20(3)17-21)26(4,5)28(25(27)29)23-15-11-19(2)12-16-23/h6-17,24H,1-5H3/t24-/m0/s1. The van der Waals surface area contributed by atoms with Gasteiger partial charge in [0.1, 0.15) is 0 Å². The minimum atomic E-state index is -0.426. The highest BCUT2D eigenvalue weighted by Crippen LogP contribution is 2.47. The summed E-state index contributed by atoms with van der Waals surface area (Å²) in [7, 11) is 0. The summed E-state index contributed by atoms with van der Waals surface area (Å²) in [5.41, 5.74) is 6.14.